The van der Waals surface area contributed by atoms with E-state index in [0.717, 1.165) is 51.4 Å². The fraction of sp³-hybridized carbons (Fsp3) is 0.292. The van der Waals surface area contributed by atoms with Crippen LogP contribution in [0.1, 0.15) is 59.9 Å². The number of hydrogen-bond donors (Lipinski definition) is 0. The molecule has 5 heteroatoms. The quantitative estimate of drug-likeness (QED) is 0.123. The maximum Gasteiger partial charge on any atom is 0 e. The average Bonchev–Trinajstić information content (AvgIpc) is 3.51. The summed E-state index contributed by atoms with van der Waals surface area (Å²) in [4.78, 5) is 9.28. The van der Waals surface area contributed by atoms with Crippen LogP contribution in [0.4, 0.5) is 0 Å². The van der Waals surface area contributed by atoms with Crippen LogP contribution in [0.15, 0.2) is 102 Å². The van der Waals surface area contributed by atoms with Gasteiger partial charge in [-0.15, -0.1) is 18.2 Å². The molecule has 1 fully saturated rings. The van der Waals surface area contributed by atoms with Gasteiger partial charge in [0.15, 0.2) is 0 Å². The van der Waals surface area contributed by atoms with Crippen molar-refractivity contribution in [1.29, 1.82) is 0 Å². The van der Waals surface area contributed by atoms with E-state index < -0.39 is 13.3 Å². The van der Waals surface area contributed by atoms with Crippen molar-refractivity contribution in [2.75, 3.05) is 0 Å². The monoisotopic (exact) mass is 937 g/mol. The first-order valence-electron chi connectivity index (χ1n) is 18.9. The summed E-state index contributed by atoms with van der Waals surface area (Å²) < 4.78 is 8.05. The molecule has 1 aliphatic carbocycles. The first-order valence-corrected chi connectivity index (χ1v) is 26.2. The van der Waals surface area contributed by atoms with E-state index in [1.165, 1.54) is 80.8 Å². The molecular formula is C48H50GeIrN2O-2. The van der Waals surface area contributed by atoms with Gasteiger partial charge in [0.2, 0.25) is 0 Å². The molecular weight excluding hydrogens is 885 g/mol. The minimum absolute atomic E-state index is 0. The zero-order valence-corrected chi connectivity index (χ0v) is 36.7. The first-order chi connectivity index (χ1) is 25.0. The Hall–Kier alpha value is -3.83. The van der Waals surface area contributed by atoms with Crippen molar-refractivity contribution < 1.29 is 24.5 Å². The van der Waals surface area contributed by atoms with Crippen molar-refractivity contribution in [1.82, 2.24) is 9.97 Å². The topological polar surface area (TPSA) is 38.9 Å². The number of furan rings is 1. The third-order valence-electron chi connectivity index (χ3n) is 10.6. The summed E-state index contributed by atoms with van der Waals surface area (Å²) in [5.74, 6) is 7.94. The van der Waals surface area contributed by atoms with Crippen LogP contribution >= 0.6 is 0 Å². The number of aryl methyl sites for hydroxylation is 4. The van der Waals surface area contributed by atoms with E-state index in [2.05, 4.69) is 117 Å². The van der Waals surface area contributed by atoms with Crippen LogP contribution in [0.2, 0.25) is 17.3 Å². The van der Waals surface area contributed by atoms with Crippen LogP contribution in [0.5, 0.6) is 0 Å². The Morgan fingerprint density at radius 1 is 0.755 bits per heavy atom. The summed E-state index contributed by atoms with van der Waals surface area (Å²) in [7, 11) is 0. The number of benzene rings is 4. The van der Waals surface area contributed by atoms with E-state index in [0.29, 0.717) is 0 Å². The molecule has 273 valence electrons. The van der Waals surface area contributed by atoms with Crippen LogP contribution < -0.4 is 4.40 Å². The van der Waals surface area contributed by atoms with Crippen molar-refractivity contribution in [2.24, 2.45) is 5.92 Å². The van der Waals surface area contributed by atoms with Gasteiger partial charge in [0.1, 0.15) is 5.58 Å². The molecule has 1 saturated carbocycles. The van der Waals surface area contributed by atoms with E-state index in [9.17, 15) is 0 Å². The predicted octanol–water partition coefficient (Wildman–Crippen LogP) is 12.6. The van der Waals surface area contributed by atoms with E-state index >= 15 is 0 Å². The molecule has 0 N–H and O–H groups in total. The second-order valence-corrected chi connectivity index (χ2v) is 26.5. The van der Waals surface area contributed by atoms with Gasteiger partial charge in [-0.25, -0.2) is 0 Å². The summed E-state index contributed by atoms with van der Waals surface area (Å²) in [5, 5.41) is 2.32. The van der Waals surface area contributed by atoms with Crippen LogP contribution in [0.3, 0.4) is 0 Å². The molecule has 4 aromatic carbocycles. The summed E-state index contributed by atoms with van der Waals surface area (Å²) in [5.41, 5.74) is 14.8. The van der Waals surface area contributed by atoms with Gasteiger partial charge in [0, 0.05) is 31.7 Å². The molecule has 53 heavy (non-hydrogen) atoms. The Bertz CT molecular complexity index is 2310. The summed E-state index contributed by atoms with van der Waals surface area (Å²) in [6, 6.07) is 36.6. The van der Waals surface area contributed by atoms with E-state index in [-0.39, 0.29) is 20.1 Å². The van der Waals surface area contributed by atoms with Crippen molar-refractivity contribution in [3.05, 3.63) is 137 Å². The molecule has 0 atom stereocenters. The van der Waals surface area contributed by atoms with Gasteiger partial charge in [-0.1, -0.05) is 78.4 Å². The molecule has 3 heterocycles. The maximum absolute atomic E-state index is 6.60. The number of fused-ring (bicyclic) bond motifs is 3. The van der Waals surface area contributed by atoms with Gasteiger partial charge in [-0.3, -0.25) is 0 Å². The second-order valence-electron chi connectivity index (χ2n) is 15.9. The molecule has 0 aliphatic heterocycles. The minimum Gasteiger partial charge on any atom is 0 e. The van der Waals surface area contributed by atoms with Crippen molar-refractivity contribution >= 4 is 39.6 Å². The molecule has 7 aromatic rings. The fourth-order valence-electron chi connectivity index (χ4n) is 8.06. The normalized spacial score (nSPS) is 13.4. The van der Waals surface area contributed by atoms with Crippen LogP contribution in [-0.2, 0) is 26.5 Å². The third kappa shape index (κ3) is 8.78. The number of rotatable bonds is 6. The van der Waals surface area contributed by atoms with Gasteiger partial charge >= 0.3 is 99.8 Å². The smallest absolute Gasteiger partial charge is 0 e. The molecule has 0 bridgehead atoms. The third-order valence-corrected chi connectivity index (χ3v) is 14.9. The van der Waals surface area contributed by atoms with Gasteiger partial charge in [-0.2, -0.15) is 0 Å². The zero-order chi connectivity index (χ0) is 36.4. The molecule has 0 saturated heterocycles. The summed E-state index contributed by atoms with van der Waals surface area (Å²) in [6.07, 6.45) is 12.0. The van der Waals surface area contributed by atoms with Crippen molar-refractivity contribution in [3.63, 3.8) is 0 Å². The number of hydrogen-bond acceptors (Lipinski definition) is 3. The van der Waals surface area contributed by atoms with Gasteiger partial charge in [0.25, 0.3) is 0 Å². The Kier molecular flexibility index (Phi) is 12.2. The number of aromatic nitrogens is 2. The Balaban J connectivity index is 0.000000238. The molecule has 1 aliphatic rings. The molecule has 0 unspecified atom stereocenters. The van der Waals surface area contributed by atoms with Gasteiger partial charge < -0.3 is 9.40 Å². The Morgan fingerprint density at radius 2 is 1.53 bits per heavy atom. The van der Waals surface area contributed by atoms with Gasteiger partial charge in [-0.05, 0) is 85.7 Å². The van der Waals surface area contributed by atoms with Gasteiger partial charge in [0.05, 0.1) is 5.58 Å². The first kappa shape index (κ1) is 38.9. The fourth-order valence-corrected chi connectivity index (χ4v) is 10.2. The van der Waals surface area contributed by atoms with E-state index in [1.807, 2.05) is 42.7 Å². The van der Waals surface area contributed by atoms with Crippen LogP contribution in [-0.4, -0.2) is 23.2 Å². The predicted molar refractivity (Wildman–Crippen MR) is 222 cm³/mol. The molecule has 3 nitrogen and oxygen atoms in total. The summed E-state index contributed by atoms with van der Waals surface area (Å²) in [6.45, 7) is 8.76. The number of nitrogens with zero attached hydrogens (tertiary/aromatic N) is 2. The SMILES string of the molecule is Cc1cc(C)c(-c2cc(C)c3c(c2)oc2c(-c4cc(CC5CCCCC5)ccn4)[c-]ccc23)c(C)c1.[CH3][Ge]([CH3])([CH3])[c]1ccc(-c2[c-]cccc2)nc1.[Ir]. The Morgan fingerprint density at radius 3 is 2.21 bits per heavy atom. The molecule has 0 amide bonds. The molecule has 1 radical (unpaired) electrons. The molecule has 0 spiro atoms. The Labute approximate surface area is 332 Å². The zero-order valence-electron chi connectivity index (χ0n) is 32.2. The average molecular weight is 936 g/mol. The van der Waals surface area contributed by atoms with Crippen LogP contribution in [0.25, 0.3) is 55.6 Å². The second kappa shape index (κ2) is 16.7. The molecule has 3 aromatic heterocycles. The largest absolute Gasteiger partial charge is 0 e. The number of pyridine rings is 2. The van der Waals surface area contributed by atoms with E-state index in [1.54, 1.807) is 0 Å². The van der Waals surface area contributed by atoms with E-state index in [4.69, 9.17) is 9.40 Å². The molecule has 8 rings (SSSR count). The van der Waals surface area contributed by atoms with Crippen LogP contribution in [0, 0.1) is 45.7 Å². The maximum atomic E-state index is 6.60. The van der Waals surface area contributed by atoms with Crippen molar-refractivity contribution in [3.8, 4) is 33.6 Å². The standard InChI is InChI=1S/C34H34NO.C14H16GeN.Ir/c1-21-15-22(2)32(23(3)16-21)27-17-24(4)33-29-12-8-11-28(34(29)36-31(33)20-27)30-19-26(13-14-35-30)18-25-9-6-5-7-10-25;1-15(2,3)13-9-10-14(16-11-13)12-7-5-4-6-8-12;/h8,12-17,19-20,25H,5-7,9-10,18H2,1-4H3;4-7,9-11H,1-3H3;/q2*-1;. The summed E-state index contributed by atoms with van der Waals surface area (Å²) >= 11 is -1.72. The minimum atomic E-state index is -1.72. The van der Waals surface area contributed by atoms with Crippen molar-refractivity contribution in [2.45, 2.75) is 83.5 Å².